The maximum Gasteiger partial charge on any atom is 0.243 e. The first kappa shape index (κ1) is 18.6. The van der Waals surface area contributed by atoms with Gasteiger partial charge in [-0.05, 0) is 30.7 Å². The van der Waals surface area contributed by atoms with Gasteiger partial charge in [-0.3, -0.25) is 9.78 Å². The second-order valence-corrected chi connectivity index (χ2v) is 8.25. The van der Waals surface area contributed by atoms with Crippen LogP contribution in [0.1, 0.15) is 13.3 Å². The topological polar surface area (TPSA) is 88.6 Å². The number of hydrogen-bond donors (Lipinski definition) is 1. The first-order valence-electron chi connectivity index (χ1n) is 8.00. The Morgan fingerprint density at radius 3 is 2.69 bits per heavy atom. The number of rotatable bonds is 5. The number of nitrogens with one attached hydrogen (secondary N) is 1. The van der Waals surface area contributed by atoms with Crippen molar-refractivity contribution in [3.63, 3.8) is 0 Å². The van der Waals surface area contributed by atoms with E-state index in [-0.39, 0.29) is 23.5 Å². The molecule has 1 saturated heterocycles. The summed E-state index contributed by atoms with van der Waals surface area (Å²) in [7, 11) is -3.62. The fraction of sp³-hybridized carbons (Fsp3) is 0.294. The second kappa shape index (κ2) is 7.61. The van der Waals surface area contributed by atoms with E-state index in [1.807, 2.05) is 0 Å². The molecule has 1 aliphatic heterocycles. The Bertz CT molecular complexity index is 902. The van der Waals surface area contributed by atoms with Gasteiger partial charge in [0.15, 0.2) is 0 Å². The van der Waals surface area contributed by atoms with E-state index < -0.39 is 10.0 Å². The molecule has 1 atom stereocenters. The SMILES string of the molecule is CC(=O)Nc1ccc(S(=O)(=O)N2CC[C@H](Oc3ccncc3Cl)C2)cc1. The Kier molecular flexibility index (Phi) is 5.45. The highest BCUT2D eigenvalue weighted by Gasteiger charge is 2.33. The zero-order valence-electron chi connectivity index (χ0n) is 14.1. The molecule has 2 aromatic rings. The number of hydrogen-bond acceptors (Lipinski definition) is 5. The Hall–Kier alpha value is -2.16. The third kappa shape index (κ3) is 4.14. The highest BCUT2D eigenvalue weighted by Crippen LogP contribution is 2.28. The summed E-state index contributed by atoms with van der Waals surface area (Å²) in [5.74, 6) is 0.278. The molecular formula is C17H18ClN3O4S. The van der Waals surface area contributed by atoms with E-state index in [9.17, 15) is 13.2 Å². The lowest BCUT2D eigenvalue weighted by atomic mass is 10.3. The van der Waals surface area contributed by atoms with E-state index in [0.29, 0.717) is 29.4 Å². The smallest absolute Gasteiger partial charge is 0.243 e. The number of nitrogens with zero attached hydrogens (tertiary/aromatic N) is 2. The fourth-order valence-electron chi connectivity index (χ4n) is 2.71. The van der Waals surface area contributed by atoms with Crippen LogP contribution in [0.25, 0.3) is 0 Å². The van der Waals surface area contributed by atoms with Crippen LogP contribution in [0.5, 0.6) is 5.75 Å². The molecule has 7 nitrogen and oxygen atoms in total. The van der Waals surface area contributed by atoms with Crippen LogP contribution in [0.15, 0.2) is 47.6 Å². The van der Waals surface area contributed by atoms with Gasteiger partial charge in [-0.15, -0.1) is 0 Å². The predicted octanol–water partition coefficient (Wildman–Crippen LogP) is 2.54. The summed E-state index contributed by atoms with van der Waals surface area (Å²) in [6.45, 7) is 2.00. The summed E-state index contributed by atoms with van der Waals surface area (Å²) in [4.78, 5) is 15.1. The van der Waals surface area contributed by atoms with Crippen molar-refractivity contribution in [2.45, 2.75) is 24.3 Å². The summed E-state index contributed by atoms with van der Waals surface area (Å²) in [6.07, 6.45) is 3.35. The first-order chi connectivity index (χ1) is 12.4. The molecule has 9 heteroatoms. The number of ether oxygens (including phenoxy) is 1. The van der Waals surface area contributed by atoms with E-state index >= 15 is 0 Å². The lowest BCUT2D eigenvalue weighted by Gasteiger charge is -2.18. The summed E-state index contributed by atoms with van der Waals surface area (Å²) in [5, 5.41) is 3.00. The highest BCUT2D eigenvalue weighted by atomic mass is 35.5. The van der Waals surface area contributed by atoms with Gasteiger partial charge >= 0.3 is 0 Å². The van der Waals surface area contributed by atoms with Crippen molar-refractivity contribution in [3.05, 3.63) is 47.7 Å². The van der Waals surface area contributed by atoms with Crippen molar-refractivity contribution in [1.82, 2.24) is 9.29 Å². The molecule has 1 aromatic carbocycles. The summed E-state index contributed by atoms with van der Waals surface area (Å²) < 4.78 is 32.8. The minimum absolute atomic E-state index is 0.175. The number of aromatic nitrogens is 1. The maximum absolute atomic E-state index is 12.8. The van der Waals surface area contributed by atoms with Gasteiger partial charge in [0.1, 0.15) is 16.9 Å². The monoisotopic (exact) mass is 395 g/mol. The molecule has 1 fully saturated rings. The standard InChI is InChI=1S/C17H18ClN3O4S/c1-12(22)20-13-2-4-15(5-3-13)26(23,24)21-9-7-14(11-21)25-17-6-8-19-10-16(17)18/h2-6,8,10,14H,7,9,11H2,1H3,(H,20,22)/t14-/m0/s1. The van der Waals surface area contributed by atoms with Crippen molar-refractivity contribution in [1.29, 1.82) is 0 Å². The zero-order valence-corrected chi connectivity index (χ0v) is 15.6. The number of halogens is 1. The third-order valence-electron chi connectivity index (χ3n) is 3.95. The Labute approximate surface area is 157 Å². The van der Waals surface area contributed by atoms with Crippen LogP contribution < -0.4 is 10.1 Å². The molecule has 2 heterocycles. The van der Waals surface area contributed by atoms with Crippen LogP contribution in [0.2, 0.25) is 5.02 Å². The molecule has 0 bridgehead atoms. The molecule has 0 spiro atoms. The van der Waals surface area contributed by atoms with Crippen molar-refractivity contribution in [2.75, 3.05) is 18.4 Å². The number of benzene rings is 1. The molecule has 138 valence electrons. The van der Waals surface area contributed by atoms with Crippen LogP contribution in [-0.2, 0) is 14.8 Å². The molecule has 1 N–H and O–H groups in total. The number of sulfonamides is 1. The predicted molar refractivity (Wildman–Crippen MR) is 97.8 cm³/mol. The molecule has 0 saturated carbocycles. The molecular weight excluding hydrogens is 378 g/mol. The molecule has 1 aliphatic rings. The van der Waals surface area contributed by atoms with E-state index in [0.717, 1.165) is 0 Å². The Balaban J connectivity index is 1.69. The third-order valence-corrected chi connectivity index (χ3v) is 6.11. The van der Waals surface area contributed by atoms with Crippen LogP contribution >= 0.6 is 11.6 Å². The largest absolute Gasteiger partial charge is 0.487 e. The van der Waals surface area contributed by atoms with E-state index in [4.69, 9.17) is 16.3 Å². The maximum atomic E-state index is 12.8. The van der Waals surface area contributed by atoms with Gasteiger partial charge in [-0.2, -0.15) is 4.31 Å². The number of pyridine rings is 1. The highest BCUT2D eigenvalue weighted by molar-refractivity contribution is 7.89. The van der Waals surface area contributed by atoms with Crippen LogP contribution in [0, 0.1) is 0 Å². The second-order valence-electron chi connectivity index (χ2n) is 5.90. The van der Waals surface area contributed by atoms with Crippen molar-refractivity contribution < 1.29 is 17.9 Å². The molecule has 26 heavy (non-hydrogen) atoms. The molecule has 0 radical (unpaired) electrons. The van der Waals surface area contributed by atoms with Crippen molar-refractivity contribution in [3.8, 4) is 5.75 Å². The quantitative estimate of drug-likeness (QED) is 0.840. The summed E-state index contributed by atoms with van der Waals surface area (Å²) >= 11 is 6.03. The molecule has 0 unspecified atom stereocenters. The average Bonchev–Trinajstić information content (AvgIpc) is 3.06. The normalized spacial score (nSPS) is 17.8. The van der Waals surface area contributed by atoms with Crippen LogP contribution in [-0.4, -0.2) is 42.8 Å². The minimum atomic E-state index is -3.62. The van der Waals surface area contributed by atoms with Crippen molar-refractivity contribution in [2.24, 2.45) is 0 Å². The van der Waals surface area contributed by atoms with E-state index in [1.165, 1.54) is 29.6 Å². The minimum Gasteiger partial charge on any atom is -0.487 e. The number of anilines is 1. The molecule has 1 amide bonds. The van der Waals surface area contributed by atoms with Crippen LogP contribution in [0.3, 0.4) is 0 Å². The molecule has 1 aromatic heterocycles. The van der Waals surface area contributed by atoms with Gasteiger partial charge in [0.2, 0.25) is 15.9 Å². The van der Waals surface area contributed by atoms with E-state index in [2.05, 4.69) is 10.3 Å². The van der Waals surface area contributed by atoms with Gasteiger partial charge in [-0.25, -0.2) is 8.42 Å². The van der Waals surface area contributed by atoms with Gasteiger partial charge in [-0.1, -0.05) is 11.6 Å². The van der Waals surface area contributed by atoms with Gasteiger partial charge in [0, 0.05) is 37.6 Å². The fourth-order valence-corrected chi connectivity index (χ4v) is 4.36. The van der Waals surface area contributed by atoms with E-state index in [1.54, 1.807) is 24.4 Å². The first-order valence-corrected chi connectivity index (χ1v) is 9.82. The van der Waals surface area contributed by atoms with Gasteiger partial charge in [0.05, 0.1) is 11.4 Å². The Morgan fingerprint density at radius 1 is 1.31 bits per heavy atom. The van der Waals surface area contributed by atoms with Crippen LogP contribution in [0.4, 0.5) is 5.69 Å². The summed E-state index contributed by atoms with van der Waals surface area (Å²) in [5.41, 5.74) is 0.548. The van der Waals surface area contributed by atoms with Crippen molar-refractivity contribution >= 4 is 33.2 Å². The lowest BCUT2D eigenvalue weighted by Crippen LogP contribution is -2.31. The summed E-state index contributed by atoms with van der Waals surface area (Å²) in [6, 6.07) is 7.74. The van der Waals surface area contributed by atoms with Gasteiger partial charge < -0.3 is 10.1 Å². The number of carbonyl (C=O) groups is 1. The molecule has 0 aliphatic carbocycles. The zero-order chi connectivity index (χ0) is 18.7. The average molecular weight is 396 g/mol. The number of amides is 1. The number of carbonyl (C=O) groups excluding carboxylic acids is 1. The van der Waals surface area contributed by atoms with Gasteiger partial charge in [0.25, 0.3) is 0 Å². The Morgan fingerprint density at radius 2 is 2.04 bits per heavy atom. The lowest BCUT2D eigenvalue weighted by molar-refractivity contribution is -0.114. The molecule has 3 rings (SSSR count).